The lowest BCUT2D eigenvalue weighted by Gasteiger charge is -2.50. The molecule has 1 aromatic carbocycles. The number of benzene rings is 1. The van der Waals surface area contributed by atoms with Crippen LogP contribution in [0.2, 0.25) is 0 Å². The topological polar surface area (TPSA) is 157 Å². The molecule has 0 amide bonds. The lowest BCUT2D eigenvalue weighted by atomic mass is 9.72. The molecule has 3 aliphatic rings. The number of ketones is 3. The summed E-state index contributed by atoms with van der Waals surface area (Å²) in [6.45, 7) is 1.51. The summed E-state index contributed by atoms with van der Waals surface area (Å²) in [5.74, 6) is -6.17. The Morgan fingerprint density at radius 2 is 1.90 bits per heavy atom. The fraction of sp³-hybridized carbons (Fsp3) is 0.429. The zero-order valence-electron chi connectivity index (χ0n) is 16.7. The van der Waals surface area contributed by atoms with Gasteiger partial charge in [-0.3, -0.25) is 19.2 Å². The number of rotatable bonds is 2. The highest BCUT2D eigenvalue weighted by Crippen LogP contribution is 2.48. The van der Waals surface area contributed by atoms with Crippen LogP contribution in [0.25, 0.3) is 0 Å². The molecule has 1 aliphatic carbocycles. The average Bonchev–Trinajstić information content (AvgIpc) is 2.72. The van der Waals surface area contributed by atoms with E-state index in [0.717, 1.165) is 7.11 Å². The molecular formula is C21H20O10. The summed E-state index contributed by atoms with van der Waals surface area (Å²) in [6, 6.07) is 3.86. The van der Waals surface area contributed by atoms with Gasteiger partial charge < -0.3 is 29.5 Å². The van der Waals surface area contributed by atoms with E-state index >= 15 is 0 Å². The van der Waals surface area contributed by atoms with Crippen molar-refractivity contribution in [2.45, 2.75) is 50.0 Å². The summed E-state index contributed by atoms with van der Waals surface area (Å²) < 4.78 is 16.1. The molecule has 0 bridgehead atoms. The SMILES string of the molecule is COC(=O)C[C@H]1O[C@]2(O[C@H](C)CC(=O)[C@H]2O)C2=C(C(=O)c3cccc(O)c3C2=O)[C@H]1O. The molecule has 10 nitrogen and oxygen atoms in total. The van der Waals surface area contributed by atoms with E-state index in [4.69, 9.17) is 9.47 Å². The summed E-state index contributed by atoms with van der Waals surface area (Å²) >= 11 is 0. The maximum atomic E-state index is 13.4. The molecule has 0 unspecified atom stereocenters. The van der Waals surface area contributed by atoms with Crippen molar-refractivity contribution in [3.63, 3.8) is 0 Å². The Balaban J connectivity index is 1.98. The smallest absolute Gasteiger partial charge is 0.308 e. The molecule has 164 valence electrons. The van der Waals surface area contributed by atoms with Gasteiger partial charge in [0, 0.05) is 17.6 Å². The number of Topliss-reactive ketones (excluding diaryl/α,β-unsaturated/α-hetero) is 3. The molecule has 31 heavy (non-hydrogen) atoms. The third-order valence-electron chi connectivity index (χ3n) is 5.70. The second-order valence-corrected chi connectivity index (χ2v) is 7.70. The van der Waals surface area contributed by atoms with Gasteiger partial charge in [-0.2, -0.15) is 0 Å². The second-order valence-electron chi connectivity index (χ2n) is 7.70. The molecule has 1 spiro atoms. The van der Waals surface area contributed by atoms with Crippen LogP contribution in [-0.4, -0.2) is 76.0 Å². The molecule has 1 aromatic rings. The third-order valence-corrected chi connectivity index (χ3v) is 5.70. The monoisotopic (exact) mass is 432 g/mol. The predicted molar refractivity (Wildman–Crippen MR) is 100 cm³/mol. The average molecular weight is 432 g/mol. The molecule has 5 atom stereocenters. The van der Waals surface area contributed by atoms with Gasteiger partial charge in [-0.05, 0) is 13.0 Å². The van der Waals surface area contributed by atoms with Gasteiger partial charge in [0.05, 0.1) is 30.8 Å². The van der Waals surface area contributed by atoms with Crippen LogP contribution in [0.15, 0.2) is 29.3 Å². The van der Waals surface area contributed by atoms with Crippen LogP contribution in [0.5, 0.6) is 5.75 Å². The van der Waals surface area contributed by atoms with Crippen molar-refractivity contribution in [1.29, 1.82) is 0 Å². The standard InChI is InChI=1S/C21H20O10/c1-8-6-11(23)20(28)21(30-8)16-15(18(26)12(31-21)7-13(24)29-2)17(25)9-4-3-5-10(22)14(9)19(16)27/h3-5,8,12,18,20,22,26,28H,6-7H2,1-2H3/t8-,12-,18+,20-,21-/m1/s1. The number of fused-ring (bicyclic) bond motifs is 2. The number of aromatic hydroxyl groups is 1. The van der Waals surface area contributed by atoms with Gasteiger partial charge in [0.2, 0.25) is 5.79 Å². The number of aliphatic hydroxyl groups is 2. The van der Waals surface area contributed by atoms with Gasteiger partial charge in [0.25, 0.3) is 0 Å². The fourth-order valence-electron chi connectivity index (χ4n) is 4.34. The van der Waals surface area contributed by atoms with Gasteiger partial charge in [-0.1, -0.05) is 12.1 Å². The number of carbonyl (C=O) groups is 4. The fourth-order valence-corrected chi connectivity index (χ4v) is 4.34. The molecule has 3 N–H and O–H groups in total. The lowest BCUT2D eigenvalue weighted by molar-refractivity contribution is -0.310. The van der Waals surface area contributed by atoms with E-state index in [0.29, 0.717) is 0 Å². The van der Waals surface area contributed by atoms with Crippen LogP contribution in [0.3, 0.4) is 0 Å². The van der Waals surface area contributed by atoms with Gasteiger partial charge >= 0.3 is 5.97 Å². The Morgan fingerprint density at radius 3 is 2.58 bits per heavy atom. The van der Waals surface area contributed by atoms with Gasteiger partial charge in [-0.15, -0.1) is 0 Å². The second kappa shape index (κ2) is 7.34. The van der Waals surface area contributed by atoms with Crippen molar-refractivity contribution in [2.75, 3.05) is 7.11 Å². The van der Waals surface area contributed by atoms with E-state index in [-0.39, 0.29) is 17.5 Å². The van der Waals surface area contributed by atoms with E-state index < -0.39 is 76.8 Å². The number of hydrogen-bond acceptors (Lipinski definition) is 10. The number of carbonyl (C=O) groups excluding carboxylic acids is 4. The Hall–Kier alpha value is -2.92. The first-order valence-corrected chi connectivity index (χ1v) is 9.59. The van der Waals surface area contributed by atoms with E-state index in [1.54, 1.807) is 0 Å². The Labute approximate surface area is 176 Å². The Morgan fingerprint density at radius 1 is 1.19 bits per heavy atom. The summed E-state index contributed by atoms with van der Waals surface area (Å²) in [5, 5.41) is 31.9. The first kappa shape index (κ1) is 21.3. The van der Waals surface area contributed by atoms with Crippen LogP contribution < -0.4 is 0 Å². The van der Waals surface area contributed by atoms with Crippen molar-refractivity contribution in [2.24, 2.45) is 0 Å². The lowest BCUT2D eigenvalue weighted by Crippen LogP contribution is -2.65. The van der Waals surface area contributed by atoms with Crippen LogP contribution in [0.4, 0.5) is 0 Å². The van der Waals surface area contributed by atoms with Crippen LogP contribution in [0.1, 0.15) is 40.5 Å². The zero-order valence-corrected chi connectivity index (χ0v) is 16.7. The number of methoxy groups -OCH3 is 1. The zero-order chi connectivity index (χ0) is 22.7. The minimum atomic E-state index is -2.44. The molecule has 0 aromatic heterocycles. The first-order valence-electron chi connectivity index (χ1n) is 9.59. The molecule has 2 heterocycles. The molecule has 10 heteroatoms. The maximum absolute atomic E-state index is 13.4. The van der Waals surface area contributed by atoms with E-state index in [1.165, 1.54) is 25.1 Å². The van der Waals surface area contributed by atoms with Crippen molar-refractivity contribution in [1.82, 2.24) is 0 Å². The van der Waals surface area contributed by atoms with Crippen LogP contribution in [0, 0.1) is 0 Å². The Bertz CT molecular complexity index is 1040. The highest BCUT2D eigenvalue weighted by Gasteiger charge is 2.62. The molecule has 1 fully saturated rings. The van der Waals surface area contributed by atoms with Crippen molar-refractivity contribution in [3.8, 4) is 5.75 Å². The number of hydrogen-bond donors (Lipinski definition) is 3. The van der Waals surface area contributed by atoms with Crippen molar-refractivity contribution in [3.05, 3.63) is 40.5 Å². The molecule has 1 saturated heterocycles. The van der Waals surface area contributed by atoms with Crippen molar-refractivity contribution >= 4 is 23.3 Å². The number of phenolic OH excluding ortho intramolecular Hbond substituents is 1. The van der Waals surface area contributed by atoms with E-state index in [2.05, 4.69) is 4.74 Å². The van der Waals surface area contributed by atoms with Gasteiger partial charge in [0.15, 0.2) is 23.5 Å². The number of aliphatic hydroxyl groups excluding tert-OH is 2. The number of ether oxygens (including phenoxy) is 3. The van der Waals surface area contributed by atoms with Crippen LogP contribution in [-0.2, 0) is 23.8 Å². The van der Waals surface area contributed by atoms with Crippen LogP contribution >= 0.6 is 0 Å². The molecular weight excluding hydrogens is 412 g/mol. The normalized spacial score (nSPS) is 32.7. The summed E-state index contributed by atoms with van der Waals surface area (Å²) in [5.41, 5.74) is -1.53. The Kier molecular flexibility index (Phi) is 5.05. The third kappa shape index (κ3) is 3.02. The summed E-state index contributed by atoms with van der Waals surface area (Å²) in [7, 11) is 1.11. The molecule has 4 rings (SSSR count). The minimum absolute atomic E-state index is 0.165. The molecule has 2 aliphatic heterocycles. The van der Waals surface area contributed by atoms with Gasteiger partial charge in [-0.25, -0.2) is 0 Å². The van der Waals surface area contributed by atoms with E-state index in [9.17, 15) is 34.5 Å². The first-order chi connectivity index (χ1) is 14.6. The number of esters is 1. The highest BCUT2D eigenvalue weighted by molar-refractivity contribution is 6.29. The minimum Gasteiger partial charge on any atom is -0.507 e. The summed E-state index contributed by atoms with van der Waals surface area (Å²) in [4.78, 5) is 51.1. The van der Waals surface area contributed by atoms with E-state index in [1.807, 2.05) is 0 Å². The molecule has 0 radical (unpaired) electrons. The molecule has 0 saturated carbocycles. The van der Waals surface area contributed by atoms with Gasteiger partial charge in [0.1, 0.15) is 18.0 Å². The predicted octanol–water partition coefficient (Wildman–Crippen LogP) is -0.174. The maximum Gasteiger partial charge on any atom is 0.308 e. The quantitative estimate of drug-likeness (QED) is 0.536. The summed E-state index contributed by atoms with van der Waals surface area (Å²) in [6.07, 6.45) is -6.74. The number of phenols is 1. The highest BCUT2D eigenvalue weighted by atomic mass is 16.7. The van der Waals surface area contributed by atoms with Crippen molar-refractivity contribution < 1.29 is 48.7 Å². The largest absolute Gasteiger partial charge is 0.507 e.